The zero-order valence-corrected chi connectivity index (χ0v) is 19.5. The van der Waals surface area contributed by atoms with E-state index >= 15 is 0 Å². The second-order valence-electron chi connectivity index (χ2n) is 8.74. The van der Waals surface area contributed by atoms with Gasteiger partial charge < -0.3 is 9.42 Å². The number of fused-ring (bicyclic) bond motifs is 1. The number of aromatic nitrogens is 1. The quantitative estimate of drug-likeness (QED) is 0.383. The lowest BCUT2D eigenvalue weighted by Crippen LogP contribution is -2.51. The van der Waals surface area contributed by atoms with Gasteiger partial charge in [0, 0.05) is 31.1 Å². The summed E-state index contributed by atoms with van der Waals surface area (Å²) in [4.78, 5) is 2.58. The van der Waals surface area contributed by atoms with Crippen molar-refractivity contribution in [1.82, 2.24) is 14.8 Å². The van der Waals surface area contributed by atoms with Crippen LogP contribution in [0.2, 0.25) is 0 Å². The molecule has 1 aliphatic heterocycles. The Morgan fingerprint density at radius 1 is 1.00 bits per heavy atom. The number of hydrogen-bond acceptors (Lipinski definition) is 5. The van der Waals surface area contributed by atoms with Gasteiger partial charge in [-0.3, -0.25) is 0 Å². The van der Waals surface area contributed by atoms with E-state index in [9.17, 15) is 12.8 Å². The lowest BCUT2D eigenvalue weighted by atomic mass is 10.00. The van der Waals surface area contributed by atoms with Gasteiger partial charge in [0.1, 0.15) is 5.82 Å². The summed E-state index contributed by atoms with van der Waals surface area (Å²) in [6.45, 7) is 3.05. The molecule has 0 atom stereocenters. The molecule has 6 nitrogen and oxygen atoms in total. The third-order valence-corrected chi connectivity index (χ3v) is 7.70. The summed E-state index contributed by atoms with van der Waals surface area (Å²) in [6.07, 6.45) is 1.66. The largest absolute Gasteiger partial charge is 0.356 e. The number of halogens is 1. The van der Waals surface area contributed by atoms with Gasteiger partial charge in [0.15, 0.2) is 5.58 Å². The predicted molar refractivity (Wildman–Crippen MR) is 129 cm³/mol. The first kappa shape index (κ1) is 22.7. The average Bonchev–Trinajstić information content (AvgIpc) is 3.22. The van der Waals surface area contributed by atoms with Gasteiger partial charge in [-0.1, -0.05) is 47.6 Å². The molecule has 0 amide bonds. The molecule has 0 unspecified atom stereocenters. The number of rotatable bonds is 9. The molecule has 1 saturated heterocycles. The SMILES string of the molecule is O=S(=O)(NCC1CN(CCCc2noc3cc(F)ccc23)C1)c1ccc(-c2ccccc2)cc1. The molecule has 0 spiro atoms. The van der Waals surface area contributed by atoms with Crippen molar-refractivity contribution in [2.24, 2.45) is 5.92 Å². The van der Waals surface area contributed by atoms with E-state index < -0.39 is 10.0 Å². The summed E-state index contributed by atoms with van der Waals surface area (Å²) in [5.41, 5.74) is 3.36. The van der Waals surface area contributed by atoms with Crippen molar-refractivity contribution in [1.29, 1.82) is 0 Å². The normalized spacial score (nSPS) is 15.0. The van der Waals surface area contributed by atoms with Crippen molar-refractivity contribution in [2.45, 2.75) is 17.7 Å². The highest BCUT2D eigenvalue weighted by Crippen LogP contribution is 2.23. The van der Waals surface area contributed by atoms with Crippen LogP contribution in [0.5, 0.6) is 0 Å². The summed E-state index contributed by atoms with van der Waals surface area (Å²) < 4.78 is 46.6. The molecule has 3 aromatic carbocycles. The Kier molecular flexibility index (Phi) is 6.45. The van der Waals surface area contributed by atoms with Gasteiger partial charge in [0.2, 0.25) is 10.0 Å². The van der Waals surface area contributed by atoms with Crippen molar-refractivity contribution in [2.75, 3.05) is 26.2 Å². The van der Waals surface area contributed by atoms with Gasteiger partial charge in [0.25, 0.3) is 0 Å². The van der Waals surface area contributed by atoms with Crippen LogP contribution in [0, 0.1) is 11.7 Å². The molecule has 5 rings (SSSR count). The monoisotopic (exact) mass is 479 g/mol. The Balaban J connectivity index is 1.06. The first-order valence-electron chi connectivity index (χ1n) is 11.4. The summed E-state index contributed by atoms with van der Waals surface area (Å²) in [6, 6.07) is 21.3. The number of benzene rings is 3. The van der Waals surface area contributed by atoms with Crippen LogP contribution in [0.4, 0.5) is 4.39 Å². The van der Waals surface area contributed by atoms with E-state index in [-0.39, 0.29) is 10.7 Å². The fourth-order valence-corrected chi connectivity index (χ4v) is 5.49. The van der Waals surface area contributed by atoms with Crippen LogP contribution >= 0.6 is 0 Å². The average molecular weight is 480 g/mol. The van der Waals surface area contributed by atoms with Gasteiger partial charge in [-0.15, -0.1) is 0 Å². The molecule has 1 fully saturated rings. The molecule has 0 radical (unpaired) electrons. The van der Waals surface area contributed by atoms with E-state index in [2.05, 4.69) is 14.8 Å². The van der Waals surface area contributed by atoms with E-state index in [0.717, 1.165) is 54.7 Å². The Morgan fingerprint density at radius 2 is 1.74 bits per heavy atom. The number of nitrogens with zero attached hydrogens (tertiary/aromatic N) is 2. The van der Waals surface area contributed by atoms with Gasteiger partial charge >= 0.3 is 0 Å². The molecule has 0 aliphatic carbocycles. The maximum absolute atomic E-state index is 13.3. The third-order valence-electron chi connectivity index (χ3n) is 6.26. The number of hydrogen-bond donors (Lipinski definition) is 1. The van der Waals surface area contributed by atoms with Crippen molar-refractivity contribution >= 4 is 21.0 Å². The van der Waals surface area contributed by atoms with Crippen LogP contribution in [0.15, 0.2) is 82.2 Å². The molecule has 1 aromatic heterocycles. The fraction of sp³-hybridized carbons (Fsp3) is 0.269. The third kappa shape index (κ3) is 5.04. The highest BCUT2D eigenvalue weighted by Gasteiger charge is 2.27. The molecule has 0 saturated carbocycles. The Hall–Kier alpha value is -3.07. The fourth-order valence-electron chi connectivity index (χ4n) is 4.37. The number of aryl methyl sites for hydroxylation is 1. The van der Waals surface area contributed by atoms with E-state index in [1.807, 2.05) is 42.5 Å². The number of sulfonamides is 1. The zero-order chi connectivity index (χ0) is 23.5. The summed E-state index contributed by atoms with van der Waals surface area (Å²) >= 11 is 0. The topological polar surface area (TPSA) is 75.4 Å². The lowest BCUT2D eigenvalue weighted by molar-refractivity contribution is 0.102. The summed E-state index contributed by atoms with van der Waals surface area (Å²) in [5.74, 6) is -0.0316. The Bertz CT molecular complexity index is 1370. The van der Waals surface area contributed by atoms with Crippen molar-refractivity contribution in [3.8, 4) is 11.1 Å². The van der Waals surface area contributed by atoms with Crippen LogP contribution in [0.25, 0.3) is 22.1 Å². The van der Waals surface area contributed by atoms with E-state index in [1.54, 1.807) is 18.2 Å². The predicted octanol–water partition coefficient (Wildman–Crippen LogP) is 4.48. The zero-order valence-electron chi connectivity index (χ0n) is 18.7. The molecule has 34 heavy (non-hydrogen) atoms. The first-order valence-corrected chi connectivity index (χ1v) is 12.9. The maximum Gasteiger partial charge on any atom is 0.240 e. The first-order chi connectivity index (χ1) is 16.5. The molecule has 4 aromatic rings. The van der Waals surface area contributed by atoms with Crippen molar-refractivity contribution < 1.29 is 17.3 Å². The smallest absolute Gasteiger partial charge is 0.240 e. The molecule has 2 heterocycles. The van der Waals surface area contributed by atoms with E-state index in [4.69, 9.17) is 4.52 Å². The lowest BCUT2D eigenvalue weighted by Gasteiger charge is -2.39. The Morgan fingerprint density at radius 3 is 2.50 bits per heavy atom. The minimum absolute atomic E-state index is 0.281. The van der Waals surface area contributed by atoms with Crippen molar-refractivity contribution in [3.63, 3.8) is 0 Å². The number of likely N-dealkylation sites (tertiary alicyclic amines) is 1. The summed E-state index contributed by atoms with van der Waals surface area (Å²) in [5, 5.41) is 4.92. The maximum atomic E-state index is 13.3. The van der Waals surface area contributed by atoms with Crippen LogP contribution in [0.1, 0.15) is 12.1 Å². The molecule has 176 valence electrons. The highest BCUT2D eigenvalue weighted by atomic mass is 32.2. The van der Waals surface area contributed by atoms with Gasteiger partial charge in [-0.25, -0.2) is 17.5 Å². The van der Waals surface area contributed by atoms with Gasteiger partial charge in [-0.2, -0.15) is 0 Å². The van der Waals surface area contributed by atoms with Crippen LogP contribution in [-0.4, -0.2) is 44.7 Å². The molecule has 1 aliphatic rings. The van der Waals surface area contributed by atoms with E-state index in [1.165, 1.54) is 12.1 Å². The minimum Gasteiger partial charge on any atom is -0.356 e. The second-order valence-corrected chi connectivity index (χ2v) is 10.5. The van der Waals surface area contributed by atoms with Crippen LogP contribution in [0.3, 0.4) is 0 Å². The standard InChI is InChI=1S/C26H26FN3O3S/c27-22-10-13-24-25(29-33-26(24)15-22)7-4-14-30-17-19(18-30)16-28-34(31,32)23-11-8-21(9-12-23)20-5-2-1-3-6-20/h1-3,5-6,8-13,15,19,28H,4,7,14,16-18H2. The molecule has 0 bridgehead atoms. The molecule has 1 N–H and O–H groups in total. The van der Waals surface area contributed by atoms with Crippen LogP contribution in [-0.2, 0) is 16.4 Å². The van der Waals surface area contributed by atoms with Gasteiger partial charge in [0.05, 0.1) is 10.6 Å². The molecular weight excluding hydrogens is 453 g/mol. The van der Waals surface area contributed by atoms with E-state index in [0.29, 0.717) is 18.0 Å². The summed E-state index contributed by atoms with van der Waals surface area (Å²) in [7, 11) is -3.53. The Labute approximate surface area is 198 Å². The molecular formula is C26H26FN3O3S. The minimum atomic E-state index is -3.53. The highest BCUT2D eigenvalue weighted by molar-refractivity contribution is 7.89. The second kappa shape index (κ2) is 9.66. The van der Waals surface area contributed by atoms with Gasteiger partial charge in [-0.05, 0) is 60.7 Å². The molecule has 8 heteroatoms. The number of nitrogens with one attached hydrogen (secondary N) is 1. The van der Waals surface area contributed by atoms with Crippen molar-refractivity contribution in [3.05, 3.63) is 84.3 Å². The van der Waals surface area contributed by atoms with Crippen LogP contribution < -0.4 is 4.72 Å².